The van der Waals surface area contributed by atoms with E-state index < -0.39 is 18.2 Å². The summed E-state index contributed by atoms with van der Waals surface area (Å²) in [4.78, 5) is 26.0. The van der Waals surface area contributed by atoms with Crippen LogP contribution in [0.15, 0.2) is 36.5 Å². The molecule has 0 rings (SSSR count). The normalized spacial score (nSPS) is 13.6. The van der Waals surface area contributed by atoms with Crippen LogP contribution in [0.4, 0.5) is 0 Å². The topological polar surface area (TPSA) is 95.9 Å². The van der Waals surface area contributed by atoms with Crippen molar-refractivity contribution in [2.75, 3.05) is 6.61 Å². The Hall–Kier alpha value is -1.92. The molecule has 0 aliphatic heterocycles. The Balaban J connectivity index is 4.67. The summed E-state index contributed by atoms with van der Waals surface area (Å²) >= 11 is 0. The Morgan fingerprint density at radius 2 is 0.927 bits per heavy atom. The van der Waals surface area contributed by atoms with Gasteiger partial charge in [0.2, 0.25) is 5.91 Å². The average Bonchev–Trinajstić information content (AvgIpc) is 3.18. The molecule has 0 aromatic heterocycles. The fraction of sp³-hybridized carbons (Fsp3) is 0.837. The average molecular weight is 774 g/mol. The summed E-state index contributed by atoms with van der Waals surface area (Å²) in [5, 5.41) is 23.6. The van der Waals surface area contributed by atoms with Crippen LogP contribution < -0.4 is 5.32 Å². The molecule has 1 amide bonds. The maximum absolute atomic E-state index is 13.1. The predicted molar refractivity (Wildman–Crippen MR) is 236 cm³/mol. The number of rotatable bonds is 42. The van der Waals surface area contributed by atoms with Gasteiger partial charge in [-0.25, -0.2) is 0 Å². The van der Waals surface area contributed by atoms with Crippen LogP contribution in [0.3, 0.4) is 0 Å². The first-order chi connectivity index (χ1) is 27.0. The van der Waals surface area contributed by atoms with Gasteiger partial charge in [-0.3, -0.25) is 9.59 Å². The number of unbranched alkanes of at least 4 members (excludes halogenated alkanes) is 26. The van der Waals surface area contributed by atoms with Crippen LogP contribution >= 0.6 is 0 Å². The molecule has 0 fully saturated rings. The molecule has 55 heavy (non-hydrogen) atoms. The van der Waals surface area contributed by atoms with Crippen molar-refractivity contribution in [3.63, 3.8) is 0 Å². The number of allylic oxidation sites excluding steroid dienone is 6. The largest absolute Gasteiger partial charge is 0.462 e. The van der Waals surface area contributed by atoms with Crippen molar-refractivity contribution in [1.82, 2.24) is 5.32 Å². The van der Waals surface area contributed by atoms with E-state index in [1.54, 1.807) is 0 Å². The van der Waals surface area contributed by atoms with Crippen LogP contribution in [0.5, 0.6) is 0 Å². The maximum atomic E-state index is 13.1. The quantitative estimate of drug-likeness (QED) is 0.0326. The van der Waals surface area contributed by atoms with Crippen molar-refractivity contribution in [3.05, 3.63) is 36.5 Å². The number of ether oxygens (including phenoxy) is 1. The Bertz CT molecular complexity index is 915. The summed E-state index contributed by atoms with van der Waals surface area (Å²) < 4.78 is 5.89. The Morgan fingerprint density at radius 3 is 1.40 bits per heavy atom. The van der Waals surface area contributed by atoms with E-state index >= 15 is 0 Å². The van der Waals surface area contributed by atoms with E-state index in [-0.39, 0.29) is 24.9 Å². The third kappa shape index (κ3) is 38.7. The molecule has 3 unspecified atom stereocenters. The van der Waals surface area contributed by atoms with Crippen molar-refractivity contribution in [3.8, 4) is 0 Å². The van der Waals surface area contributed by atoms with Gasteiger partial charge in [-0.1, -0.05) is 211 Å². The first-order valence-electron chi connectivity index (χ1n) is 23.7. The standard InChI is InChI=1S/C49H91NO5/c1-4-7-10-13-16-19-21-22-23-24-25-27-29-31-34-37-40-45(55-49(54)42-39-36-33-30-26-20-17-14-11-8-5-2)43-48(53)50-46(44-51)47(52)41-38-35-32-28-18-15-12-9-6-3/h21-25,27,45-47,51-52H,4-20,26,28-44H2,1-3H3,(H,50,53)/b22-21+,24-23+,27-25+. The molecular formula is C49H91NO5. The highest BCUT2D eigenvalue weighted by molar-refractivity contribution is 5.77. The van der Waals surface area contributed by atoms with E-state index in [1.807, 2.05) is 0 Å². The molecule has 3 atom stereocenters. The second kappa shape index (κ2) is 43.2. The molecule has 0 aromatic carbocycles. The molecule has 0 saturated carbocycles. The molecule has 6 nitrogen and oxygen atoms in total. The Morgan fingerprint density at radius 1 is 0.527 bits per heavy atom. The minimum Gasteiger partial charge on any atom is -0.462 e. The second-order valence-electron chi connectivity index (χ2n) is 16.2. The number of esters is 1. The summed E-state index contributed by atoms with van der Waals surface area (Å²) in [6.45, 7) is 6.43. The van der Waals surface area contributed by atoms with Crippen LogP contribution in [0.25, 0.3) is 0 Å². The smallest absolute Gasteiger partial charge is 0.306 e. The zero-order valence-electron chi connectivity index (χ0n) is 36.6. The Labute approximate surface area is 341 Å². The summed E-state index contributed by atoms with van der Waals surface area (Å²) in [5.41, 5.74) is 0. The maximum Gasteiger partial charge on any atom is 0.306 e. The van der Waals surface area contributed by atoms with Gasteiger partial charge in [0.25, 0.3) is 0 Å². The molecule has 0 aliphatic rings. The van der Waals surface area contributed by atoms with Gasteiger partial charge in [-0.2, -0.15) is 0 Å². The number of hydrogen-bond donors (Lipinski definition) is 3. The van der Waals surface area contributed by atoms with Crippen LogP contribution in [0.1, 0.15) is 239 Å². The van der Waals surface area contributed by atoms with Gasteiger partial charge in [0.15, 0.2) is 0 Å². The molecule has 0 saturated heterocycles. The van der Waals surface area contributed by atoms with Gasteiger partial charge in [0, 0.05) is 6.42 Å². The van der Waals surface area contributed by atoms with E-state index in [0.717, 1.165) is 70.6 Å². The third-order valence-electron chi connectivity index (χ3n) is 10.8. The highest BCUT2D eigenvalue weighted by Crippen LogP contribution is 2.17. The fourth-order valence-corrected chi connectivity index (χ4v) is 7.14. The lowest BCUT2D eigenvalue weighted by atomic mass is 10.0. The summed E-state index contributed by atoms with van der Waals surface area (Å²) in [6, 6.07) is -0.707. The predicted octanol–water partition coefficient (Wildman–Crippen LogP) is 13.7. The monoisotopic (exact) mass is 774 g/mol. The van der Waals surface area contributed by atoms with Gasteiger partial charge in [0.1, 0.15) is 6.10 Å². The van der Waals surface area contributed by atoms with Crippen LogP contribution in [-0.2, 0) is 14.3 Å². The Kier molecular flexibility index (Phi) is 41.7. The lowest BCUT2D eigenvalue weighted by molar-refractivity contribution is -0.151. The number of aliphatic hydroxyl groups is 2. The first-order valence-corrected chi connectivity index (χ1v) is 23.7. The van der Waals surface area contributed by atoms with Crippen LogP contribution in [0, 0.1) is 0 Å². The second-order valence-corrected chi connectivity index (χ2v) is 16.2. The van der Waals surface area contributed by atoms with Crippen molar-refractivity contribution in [2.45, 2.75) is 257 Å². The van der Waals surface area contributed by atoms with Gasteiger partial charge in [-0.05, 0) is 51.4 Å². The van der Waals surface area contributed by atoms with Crippen LogP contribution in [0.2, 0.25) is 0 Å². The SMILES string of the molecule is CCCCCCC/C=C/C=C/C=C/CCCCCC(CC(=O)NC(CO)C(O)CCCCCCCCCCC)OC(=O)CCCCCCCCCCCCC. The molecule has 0 heterocycles. The zero-order chi connectivity index (χ0) is 40.3. The summed E-state index contributed by atoms with van der Waals surface area (Å²) in [5.74, 6) is -0.504. The minimum atomic E-state index is -0.792. The van der Waals surface area contributed by atoms with Crippen molar-refractivity contribution < 1.29 is 24.5 Å². The van der Waals surface area contributed by atoms with E-state index in [4.69, 9.17) is 4.74 Å². The molecule has 0 aromatic rings. The highest BCUT2D eigenvalue weighted by atomic mass is 16.5. The molecule has 0 spiro atoms. The molecule has 0 aliphatic carbocycles. The molecule has 0 bridgehead atoms. The lowest BCUT2D eigenvalue weighted by Gasteiger charge is -2.24. The van der Waals surface area contributed by atoms with Crippen molar-refractivity contribution in [2.24, 2.45) is 0 Å². The molecule has 3 N–H and O–H groups in total. The van der Waals surface area contributed by atoms with E-state index in [9.17, 15) is 19.8 Å². The van der Waals surface area contributed by atoms with Crippen LogP contribution in [-0.4, -0.2) is 46.9 Å². The van der Waals surface area contributed by atoms with Gasteiger partial charge < -0.3 is 20.3 Å². The fourth-order valence-electron chi connectivity index (χ4n) is 7.14. The number of carbonyl (C=O) groups excluding carboxylic acids is 2. The minimum absolute atomic E-state index is 0.0577. The van der Waals surface area contributed by atoms with E-state index in [2.05, 4.69) is 62.5 Å². The first kappa shape index (κ1) is 53.1. The number of hydrogen-bond acceptors (Lipinski definition) is 5. The highest BCUT2D eigenvalue weighted by Gasteiger charge is 2.24. The van der Waals surface area contributed by atoms with Crippen molar-refractivity contribution in [1.29, 1.82) is 0 Å². The lowest BCUT2D eigenvalue weighted by Crippen LogP contribution is -2.46. The number of carbonyl (C=O) groups is 2. The van der Waals surface area contributed by atoms with Crippen molar-refractivity contribution >= 4 is 11.9 Å². The molecule has 0 radical (unpaired) electrons. The van der Waals surface area contributed by atoms with Gasteiger partial charge in [-0.15, -0.1) is 0 Å². The summed E-state index contributed by atoms with van der Waals surface area (Å²) in [7, 11) is 0. The van der Waals surface area contributed by atoms with E-state index in [0.29, 0.717) is 19.3 Å². The number of amides is 1. The molecular weight excluding hydrogens is 683 g/mol. The number of aliphatic hydroxyl groups excluding tert-OH is 2. The van der Waals surface area contributed by atoms with Gasteiger partial charge in [0.05, 0.1) is 25.2 Å². The van der Waals surface area contributed by atoms with Gasteiger partial charge >= 0.3 is 5.97 Å². The third-order valence-corrected chi connectivity index (χ3v) is 10.8. The summed E-state index contributed by atoms with van der Waals surface area (Å²) in [6.07, 6.45) is 49.2. The number of nitrogens with one attached hydrogen (secondary N) is 1. The molecule has 6 heteroatoms. The zero-order valence-corrected chi connectivity index (χ0v) is 36.6. The molecule has 322 valence electrons. The van der Waals surface area contributed by atoms with E-state index in [1.165, 1.54) is 122 Å².